The first-order chi connectivity index (χ1) is 20.3. The zero-order valence-corrected chi connectivity index (χ0v) is 22.3. The summed E-state index contributed by atoms with van der Waals surface area (Å²) in [5.74, 6) is -3.19. The van der Waals surface area contributed by atoms with Crippen molar-refractivity contribution < 1.29 is 74.4 Å². The SMILES string of the molecule is C[C@@H]1O[C@@H](Oc2c(-c3ccc(O)c(O)c3)oc3cc(O)cc(O)c3c2=O)[C@@H](O)[C@H](O)[C@H]1O[C@@H]1O[C@@H](CO)[C@H](O)[C@@H](O)[C@@H]1O. The fraction of sp³-hybridized carbons (Fsp3) is 0.444. The fourth-order valence-corrected chi connectivity index (χ4v) is 4.97. The summed E-state index contributed by atoms with van der Waals surface area (Å²) in [6, 6.07) is 5.32. The highest BCUT2D eigenvalue weighted by Crippen LogP contribution is 2.39. The van der Waals surface area contributed by atoms with Gasteiger partial charge >= 0.3 is 0 Å². The number of rotatable bonds is 6. The number of aliphatic hydroxyl groups is 6. The van der Waals surface area contributed by atoms with Crippen LogP contribution in [-0.2, 0) is 14.2 Å². The molecule has 1 aromatic heterocycles. The molecule has 16 heteroatoms. The van der Waals surface area contributed by atoms with Gasteiger partial charge in [0.15, 0.2) is 23.5 Å². The van der Waals surface area contributed by atoms with E-state index in [4.69, 9.17) is 23.4 Å². The van der Waals surface area contributed by atoms with E-state index >= 15 is 0 Å². The van der Waals surface area contributed by atoms with Crippen LogP contribution in [0.2, 0.25) is 0 Å². The Kier molecular flexibility index (Phi) is 8.41. The quantitative estimate of drug-likeness (QED) is 0.140. The Hall–Kier alpha value is -3.71. The minimum Gasteiger partial charge on any atom is -0.508 e. The van der Waals surface area contributed by atoms with Crippen LogP contribution in [0.4, 0.5) is 0 Å². The van der Waals surface area contributed by atoms with Gasteiger partial charge in [0.1, 0.15) is 65.2 Å². The molecule has 2 aromatic carbocycles. The number of hydrogen-bond acceptors (Lipinski definition) is 16. The largest absolute Gasteiger partial charge is 0.508 e. The van der Waals surface area contributed by atoms with Gasteiger partial charge in [-0.05, 0) is 25.1 Å². The van der Waals surface area contributed by atoms with Crippen molar-refractivity contribution >= 4 is 11.0 Å². The number of ether oxygens (including phenoxy) is 4. The molecule has 2 aliphatic heterocycles. The summed E-state index contributed by atoms with van der Waals surface area (Å²) < 4.78 is 28.0. The first-order valence-electron chi connectivity index (χ1n) is 13.0. The van der Waals surface area contributed by atoms with Gasteiger partial charge in [-0.2, -0.15) is 0 Å². The van der Waals surface area contributed by atoms with E-state index in [-0.39, 0.29) is 16.9 Å². The molecule has 5 rings (SSSR count). The lowest BCUT2D eigenvalue weighted by Crippen LogP contribution is -2.64. The lowest BCUT2D eigenvalue weighted by atomic mass is 9.97. The molecule has 0 aliphatic carbocycles. The second-order valence-corrected chi connectivity index (χ2v) is 10.2. The molecule has 0 radical (unpaired) electrons. The monoisotopic (exact) mass is 610 g/mol. The van der Waals surface area contributed by atoms with Crippen LogP contribution in [0.5, 0.6) is 28.7 Å². The summed E-state index contributed by atoms with van der Waals surface area (Å²) >= 11 is 0. The predicted octanol–water partition coefficient (Wildman–Crippen LogP) is -1.69. The highest BCUT2D eigenvalue weighted by Gasteiger charge is 2.50. The van der Waals surface area contributed by atoms with E-state index in [0.717, 1.165) is 24.3 Å². The topological polar surface area (TPSA) is 269 Å². The maximum atomic E-state index is 13.6. The third-order valence-corrected chi connectivity index (χ3v) is 7.31. The average molecular weight is 611 g/mol. The second kappa shape index (κ2) is 11.8. The summed E-state index contributed by atoms with van der Waals surface area (Å²) in [7, 11) is 0. The fourth-order valence-electron chi connectivity index (χ4n) is 4.97. The van der Waals surface area contributed by atoms with Gasteiger partial charge in [0.05, 0.1) is 12.7 Å². The van der Waals surface area contributed by atoms with Gasteiger partial charge in [0, 0.05) is 17.7 Å². The molecule has 16 nitrogen and oxygen atoms in total. The standard InChI is InChI=1S/C27H30O16/c1-8-23(42-27-21(37)19(35)17(33)15(7-28)41-27)20(36)22(38)26(39-8)43-25-18(34)16-13(32)5-10(29)6-14(16)40-24(25)9-2-3-11(30)12(31)4-9/h2-6,8,15,17,19-23,26-33,35-38H,7H2,1H3/t8-,15-,17-,19+,20-,21-,22-,23-,26-,27-/m0/s1. The number of hydrogen-bond donors (Lipinski definition) is 10. The molecule has 2 saturated heterocycles. The molecule has 0 bridgehead atoms. The molecular formula is C27H30O16. The Balaban J connectivity index is 1.47. The second-order valence-electron chi connectivity index (χ2n) is 10.2. The molecule has 0 amide bonds. The average Bonchev–Trinajstić information content (AvgIpc) is 2.96. The molecule has 0 saturated carbocycles. The zero-order chi connectivity index (χ0) is 31.3. The maximum Gasteiger partial charge on any atom is 0.239 e. The van der Waals surface area contributed by atoms with Crippen molar-refractivity contribution in [1.82, 2.24) is 0 Å². The van der Waals surface area contributed by atoms with E-state index in [9.17, 15) is 55.9 Å². The smallest absolute Gasteiger partial charge is 0.239 e. The number of benzene rings is 2. The van der Waals surface area contributed by atoms with E-state index in [1.165, 1.54) is 13.0 Å². The van der Waals surface area contributed by atoms with Gasteiger partial charge in [0.25, 0.3) is 0 Å². The summed E-state index contributed by atoms with van der Waals surface area (Å²) in [4.78, 5) is 13.6. The molecule has 2 aliphatic rings. The Morgan fingerprint density at radius 1 is 0.791 bits per heavy atom. The van der Waals surface area contributed by atoms with Gasteiger partial charge in [-0.3, -0.25) is 4.79 Å². The minimum atomic E-state index is -1.93. The van der Waals surface area contributed by atoms with Crippen molar-refractivity contribution in [2.45, 2.75) is 68.3 Å². The highest BCUT2D eigenvalue weighted by atomic mass is 16.7. The number of phenolic OH excluding ortho intramolecular Hbond substituents is 4. The molecule has 10 atom stereocenters. The summed E-state index contributed by atoms with van der Waals surface area (Å²) in [6.45, 7) is 0.657. The van der Waals surface area contributed by atoms with Gasteiger partial charge in [-0.25, -0.2) is 0 Å². The van der Waals surface area contributed by atoms with Crippen LogP contribution >= 0.6 is 0 Å². The van der Waals surface area contributed by atoms with Crippen LogP contribution in [0, 0.1) is 0 Å². The third kappa shape index (κ3) is 5.55. The Labute approximate surface area is 241 Å². The molecule has 10 N–H and O–H groups in total. The predicted molar refractivity (Wildman–Crippen MR) is 140 cm³/mol. The van der Waals surface area contributed by atoms with Crippen LogP contribution in [0.15, 0.2) is 39.5 Å². The van der Waals surface area contributed by atoms with E-state index in [2.05, 4.69) is 0 Å². The van der Waals surface area contributed by atoms with E-state index in [1.54, 1.807) is 0 Å². The van der Waals surface area contributed by atoms with Gasteiger partial charge in [-0.15, -0.1) is 0 Å². The van der Waals surface area contributed by atoms with Crippen LogP contribution in [-0.4, -0.2) is 119 Å². The van der Waals surface area contributed by atoms with Gasteiger partial charge in [0.2, 0.25) is 17.5 Å². The number of aromatic hydroxyl groups is 4. The Morgan fingerprint density at radius 3 is 2.16 bits per heavy atom. The van der Waals surface area contributed by atoms with Gasteiger partial charge in [-0.1, -0.05) is 0 Å². The minimum absolute atomic E-state index is 0.00476. The molecule has 3 aromatic rings. The first-order valence-corrected chi connectivity index (χ1v) is 13.0. The summed E-state index contributed by atoms with van der Waals surface area (Å²) in [5.41, 5.74) is -1.27. The third-order valence-electron chi connectivity index (χ3n) is 7.31. The molecule has 2 fully saturated rings. The van der Waals surface area contributed by atoms with Crippen molar-refractivity contribution in [3.8, 4) is 40.1 Å². The Morgan fingerprint density at radius 2 is 1.49 bits per heavy atom. The van der Waals surface area contributed by atoms with E-state index in [0.29, 0.717) is 0 Å². The molecule has 0 spiro atoms. The first kappa shape index (κ1) is 30.7. The van der Waals surface area contributed by atoms with Crippen LogP contribution < -0.4 is 10.2 Å². The van der Waals surface area contributed by atoms with Crippen LogP contribution in [0.1, 0.15) is 6.92 Å². The van der Waals surface area contributed by atoms with Crippen molar-refractivity contribution in [3.05, 3.63) is 40.6 Å². The number of aliphatic hydroxyl groups excluding tert-OH is 6. The summed E-state index contributed by atoms with van der Waals surface area (Å²) in [5, 5.41) is 101. The van der Waals surface area contributed by atoms with Crippen LogP contribution in [0.3, 0.4) is 0 Å². The lowest BCUT2D eigenvalue weighted by molar-refractivity contribution is -0.348. The molecule has 0 unspecified atom stereocenters. The number of phenols is 4. The molecule has 234 valence electrons. The van der Waals surface area contributed by atoms with Crippen molar-refractivity contribution in [2.24, 2.45) is 0 Å². The highest BCUT2D eigenvalue weighted by molar-refractivity contribution is 5.88. The number of fused-ring (bicyclic) bond motifs is 1. The normalized spacial score (nSPS) is 33.0. The van der Waals surface area contributed by atoms with Crippen molar-refractivity contribution in [2.75, 3.05) is 6.61 Å². The molecule has 3 heterocycles. The summed E-state index contributed by atoms with van der Waals surface area (Å²) in [6.07, 6.45) is -16.3. The van der Waals surface area contributed by atoms with Crippen molar-refractivity contribution in [1.29, 1.82) is 0 Å². The van der Waals surface area contributed by atoms with E-state index in [1.807, 2.05) is 0 Å². The molecule has 43 heavy (non-hydrogen) atoms. The van der Waals surface area contributed by atoms with Gasteiger partial charge < -0.3 is 74.4 Å². The lowest BCUT2D eigenvalue weighted by Gasteiger charge is -2.45. The van der Waals surface area contributed by atoms with Crippen molar-refractivity contribution in [3.63, 3.8) is 0 Å². The Bertz CT molecular complexity index is 1540. The van der Waals surface area contributed by atoms with E-state index < -0.39 is 108 Å². The molecular weight excluding hydrogens is 580 g/mol. The van der Waals surface area contributed by atoms with Crippen LogP contribution in [0.25, 0.3) is 22.3 Å². The maximum absolute atomic E-state index is 13.6. The zero-order valence-electron chi connectivity index (χ0n) is 22.3.